The standard InChI is InChI=1S/C19H23N3O4.C17H13Cl2NO5.C2H7N/c1-3-20-18(23)13-25-16-11-7-15(8-12-16)22-19(24)14-5-9-17(10-6-14)26-21-4-2;18-15(21)9-24-13-5-1-11(2-6-13)17(23)20-12-3-7-14(8-4-12)25-10-16(19)22;1-2-3/h5-12,21H,3-4,13H2,1-2H3,(H,20,23)(H,22,24);1-8H,9-10H2,(H,20,23);2-3H2,1H3. The minimum atomic E-state index is -0.607. The number of hydrogen-bond donors (Lipinski definition) is 5. The molecule has 0 bridgehead atoms. The second kappa shape index (κ2) is 25.3. The lowest BCUT2D eigenvalue weighted by Crippen LogP contribution is -2.28. The molecule has 288 valence electrons. The third-order valence-electron chi connectivity index (χ3n) is 6.24. The average Bonchev–Trinajstić information content (AvgIpc) is 3.16. The number of carbonyl (C=O) groups is 5. The van der Waals surface area contributed by atoms with Gasteiger partial charge in [0.15, 0.2) is 19.8 Å². The molecule has 0 aliphatic rings. The van der Waals surface area contributed by atoms with E-state index in [1.54, 1.807) is 97.1 Å². The zero-order valence-electron chi connectivity index (χ0n) is 30.0. The Morgan fingerprint density at radius 2 is 0.889 bits per heavy atom. The van der Waals surface area contributed by atoms with Crippen LogP contribution in [0.4, 0.5) is 11.4 Å². The van der Waals surface area contributed by atoms with Crippen molar-refractivity contribution in [1.82, 2.24) is 10.8 Å². The fourth-order valence-corrected chi connectivity index (χ4v) is 3.99. The van der Waals surface area contributed by atoms with Crippen LogP contribution in [0.5, 0.6) is 23.0 Å². The third-order valence-corrected chi connectivity index (χ3v) is 6.46. The highest BCUT2D eigenvalue weighted by Gasteiger charge is 2.09. The van der Waals surface area contributed by atoms with E-state index in [1.165, 1.54) is 0 Å². The number of ether oxygens (including phenoxy) is 3. The number of hydroxylamine groups is 1. The summed E-state index contributed by atoms with van der Waals surface area (Å²) in [6.45, 7) is 7.17. The predicted octanol–water partition coefficient (Wildman–Crippen LogP) is 5.55. The summed E-state index contributed by atoms with van der Waals surface area (Å²) in [5.74, 6) is 1.37. The first-order chi connectivity index (χ1) is 26.0. The smallest absolute Gasteiger partial charge is 0.259 e. The molecule has 0 spiro atoms. The number of halogens is 2. The zero-order valence-corrected chi connectivity index (χ0v) is 31.5. The summed E-state index contributed by atoms with van der Waals surface area (Å²) in [5.41, 5.74) is 9.72. The van der Waals surface area contributed by atoms with Gasteiger partial charge in [0.05, 0.1) is 0 Å². The number of nitrogens with two attached hydrogens (primary N) is 1. The van der Waals surface area contributed by atoms with Crippen LogP contribution in [0.3, 0.4) is 0 Å². The van der Waals surface area contributed by atoms with Crippen molar-refractivity contribution in [3.8, 4) is 23.0 Å². The quantitative estimate of drug-likeness (QED) is 0.0665. The van der Waals surface area contributed by atoms with E-state index in [4.69, 9.17) is 48.0 Å². The van der Waals surface area contributed by atoms with Crippen molar-refractivity contribution in [2.45, 2.75) is 20.8 Å². The summed E-state index contributed by atoms with van der Waals surface area (Å²) in [6.07, 6.45) is 0. The van der Waals surface area contributed by atoms with Crippen molar-refractivity contribution in [1.29, 1.82) is 0 Å². The molecule has 0 aromatic heterocycles. The highest BCUT2D eigenvalue weighted by Crippen LogP contribution is 2.19. The average molecular weight is 785 g/mol. The molecule has 0 aliphatic carbocycles. The normalized spacial score (nSPS) is 9.81. The maximum absolute atomic E-state index is 12.3. The third kappa shape index (κ3) is 18.2. The van der Waals surface area contributed by atoms with E-state index in [0.29, 0.717) is 58.6 Å². The van der Waals surface area contributed by atoms with Gasteiger partial charge >= 0.3 is 0 Å². The van der Waals surface area contributed by atoms with Crippen molar-refractivity contribution < 1.29 is 43.0 Å². The van der Waals surface area contributed by atoms with E-state index in [9.17, 15) is 24.0 Å². The van der Waals surface area contributed by atoms with Crippen molar-refractivity contribution >= 4 is 62.8 Å². The second-order valence-corrected chi connectivity index (χ2v) is 11.4. The minimum absolute atomic E-state index is 0.0408. The first kappa shape index (κ1) is 44.5. The number of nitrogens with one attached hydrogen (secondary N) is 4. The van der Waals surface area contributed by atoms with Gasteiger partial charge in [-0.15, -0.1) is 0 Å². The summed E-state index contributed by atoms with van der Waals surface area (Å²) in [6, 6.07) is 26.4. The Balaban J connectivity index is 0.000000348. The topological polar surface area (TPSA) is 196 Å². The van der Waals surface area contributed by atoms with Crippen molar-refractivity contribution in [3.63, 3.8) is 0 Å². The summed E-state index contributed by atoms with van der Waals surface area (Å²) in [7, 11) is 0. The molecule has 0 unspecified atom stereocenters. The highest BCUT2D eigenvalue weighted by molar-refractivity contribution is 6.64. The summed E-state index contributed by atoms with van der Waals surface area (Å²) >= 11 is 10.4. The summed E-state index contributed by atoms with van der Waals surface area (Å²) in [4.78, 5) is 62.3. The molecular weight excluding hydrogens is 741 g/mol. The Hall–Kier alpha value is -5.67. The maximum Gasteiger partial charge on any atom is 0.259 e. The molecule has 6 N–H and O–H groups in total. The van der Waals surface area contributed by atoms with Gasteiger partial charge in [-0.05, 0) is 141 Å². The fraction of sp³-hybridized carbons (Fsp3) is 0.237. The minimum Gasteiger partial charge on any atom is -0.484 e. The van der Waals surface area contributed by atoms with Crippen LogP contribution in [0.1, 0.15) is 41.5 Å². The molecule has 0 heterocycles. The van der Waals surface area contributed by atoms with Gasteiger partial charge in [0.25, 0.3) is 28.2 Å². The fourth-order valence-electron chi connectivity index (χ4n) is 3.89. The lowest BCUT2D eigenvalue weighted by atomic mass is 10.2. The molecule has 0 saturated heterocycles. The second-order valence-electron chi connectivity index (χ2n) is 10.5. The van der Waals surface area contributed by atoms with Crippen molar-refractivity contribution in [2.24, 2.45) is 5.73 Å². The Labute approximate surface area is 323 Å². The van der Waals surface area contributed by atoms with Crippen LogP contribution >= 0.6 is 23.2 Å². The van der Waals surface area contributed by atoms with Crippen LogP contribution in [0.25, 0.3) is 0 Å². The largest absolute Gasteiger partial charge is 0.484 e. The Bertz CT molecular complexity index is 1760. The van der Waals surface area contributed by atoms with Crippen LogP contribution < -0.4 is 46.2 Å². The van der Waals surface area contributed by atoms with Crippen molar-refractivity contribution in [2.75, 3.05) is 50.1 Å². The number of anilines is 2. The zero-order chi connectivity index (χ0) is 39.7. The molecule has 0 atom stereocenters. The van der Waals surface area contributed by atoms with Crippen molar-refractivity contribution in [3.05, 3.63) is 108 Å². The van der Waals surface area contributed by atoms with E-state index in [-0.39, 0.29) is 37.5 Å². The number of rotatable bonds is 17. The van der Waals surface area contributed by atoms with E-state index < -0.39 is 10.5 Å². The van der Waals surface area contributed by atoms with E-state index >= 15 is 0 Å². The lowest BCUT2D eigenvalue weighted by Gasteiger charge is -2.09. The number of carbonyl (C=O) groups excluding carboxylic acids is 5. The molecule has 16 heteroatoms. The summed E-state index contributed by atoms with van der Waals surface area (Å²) in [5, 5.41) is 6.97. The van der Waals surface area contributed by atoms with Crippen LogP contribution in [0, 0.1) is 0 Å². The molecule has 0 fully saturated rings. The number of likely N-dealkylation sites (N-methyl/N-ethyl adjacent to an activating group) is 1. The SMILES string of the molecule is CCN.CCNOc1ccc(C(=O)Nc2ccc(OCC(=O)NCC)cc2)cc1.O=C(Cl)COc1ccc(NC(=O)c2ccc(OCC(=O)Cl)cc2)cc1. The number of benzene rings is 4. The van der Waals surface area contributed by atoms with Gasteiger partial charge in [-0.3, -0.25) is 24.0 Å². The van der Waals surface area contributed by atoms with E-state index in [0.717, 1.165) is 6.54 Å². The van der Waals surface area contributed by atoms with Gasteiger partial charge in [0.1, 0.15) is 23.0 Å². The predicted molar refractivity (Wildman–Crippen MR) is 208 cm³/mol. The monoisotopic (exact) mass is 783 g/mol. The number of hydrogen-bond acceptors (Lipinski definition) is 11. The molecule has 4 aromatic carbocycles. The van der Waals surface area contributed by atoms with E-state index in [2.05, 4.69) is 21.4 Å². The van der Waals surface area contributed by atoms with Crippen LogP contribution in [-0.4, -0.2) is 67.7 Å². The molecule has 14 nitrogen and oxygen atoms in total. The molecular formula is C38H43Cl2N5O9. The molecule has 4 rings (SSSR count). The molecule has 0 saturated carbocycles. The van der Waals surface area contributed by atoms with Gasteiger partial charge in [-0.1, -0.05) is 6.92 Å². The van der Waals surface area contributed by atoms with Gasteiger partial charge in [-0.25, -0.2) is 0 Å². The summed E-state index contributed by atoms with van der Waals surface area (Å²) < 4.78 is 15.6. The highest BCUT2D eigenvalue weighted by atomic mass is 35.5. The Morgan fingerprint density at radius 1 is 0.537 bits per heavy atom. The molecule has 3 amide bonds. The van der Waals surface area contributed by atoms with Gasteiger partial charge < -0.3 is 40.7 Å². The molecule has 54 heavy (non-hydrogen) atoms. The van der Waals surface area contributed by atoms with Gasteiger partial charge in [-0.2, -0.15) is 5.48 Å². The lowest BCUT2D eigenvalue weighted by molar-refractivity contribution is -0.123. The molecule has 0 radical (unpaired) electrons. The van der Waals surface area contributed by atoms with Crippen LogP contribution in [-0.2, 0) is 14.4 Å². The van der Waals surface area contributed by atoms with Gasteiger partial charge in [0.2, 0.25) is 0 Å². The number of amides is 3. The Morgan fingerprint density at radius 3 is 1.24 bits per heavy atom. The van der Waals surface area contributed by atoms with Crippen LogP contribution in [0.2, 0.25) is 0 Å². The Kier molecular flexibility index (Phi) is 20.9. The maximum atomic E-state index is 12.3. The van der Waals surface area contributed by atoms with E-state index in [1.807, 2.05) is 20.8 Å². The molecule has 4 aromatic rings. The first-order valence-corrected chi connectivity index (χ1v) is 17.4. The van der Waals surface area contributed by atoms with Gasteiger partial charge in [0, 0.05) is 35.6 Å². The molecule has 0 aliphatic heterocycles. The van der Waals surface area contributed by atoms with Crippen LogP contribution in [0.15, 0.2) is 97.1 Å². The first-order valence-electron chi connectivity index (χ1n) is 16.6.